The molecular formula is C20H33IN4O4. The van der Waals surface area contributed by atoms with Crippen molar-refractivity contribution < 1.29 is 18.7 Å². The predicted octanol–water partition coefficient (Wildman–Crippen LogP) is 2.78. The largest absolute Gasteiger partial charge is 0.469 e. The van der Waals surface area contributed by atoms with Crippen LogP contribution in [0, 0.1) is 0 Å². The van der Waals surface area contributed by atoms with E-state index in [0.717, 1.165) is 57.0 Å². The molecule has 9 heteroatoms. The standard InChI is InChI=1S/C20H32N4O4.HI/c1-2-26-20(25)24-11-8-16(9-12-24)23-19(22-15-18-6-4-14-28-18)21-10-7-17-5-3-13-27-17;/h3,5,13,16,18H,2,4,6-12,14-15H2,1H3,(H2,21,22,23);1H. The summed E-state index contributed by atoms with van der Waals surface area (Å²) in [6, 6.07) is 4.16. The second-order valence-electron chi connectivity index (χ2n) is 7.19. The molecule has 2 aliphatic heterocycles. The van der Waals surface area contributed by atoms with Gasteiger partial charge in [-0.3, -0.25) is 4.99 Å². The van der Waals surface area contributed by atoms with Crippen LogP contribution in [-0.4, -0.2) is 68.5 Å². The molecule has 0 radical (unpaired) electrons. The Labute approximate surface area is 189 Å². The topological polar surface area (TPSA) is 88.3 Å². The van der Waals surface area contributed by atoms with Crippen LogP contribution in [0.3, 0.4) is 0 Å². The van der Waals surface area contributed by atoms with E-state index < -0.39 is 0 Å². The minimum atomic E-state index is -0.218. The number of hydrogen-bond donors (Lipinski definition) is 2. The molecule has 0 aliphatic carbocycles. The number of guanidine groups is 1. The molecule has 3 rings (SSSR count). The first-order chi connectivity index (χ1) is 13.7. The molecule has 2 aliphatic rings. The third kappa shape index (κ3) is 8.04. The number of halogens is 1. The molecule has 8 nitrogen and oxygen atoms in total. The van der Waals surface area contributed by atoms with Crippen molar-refractivity contribution >= 4 is 36.0 Å². The number of nitrogens with one attached hydrogen (secondary N) is 2. The van der Waals surface area contributed by atoms with Crippen LogP contribution in [0.2, 0.25) is 0 Å². The minimum Gasteiger partial charge on any atom is -0.469 e. The summed E-state index contributed by atoms with van der Waals surface area (Å²) >= 11 is 0. The number of carbonyl (C=O) groups is 1. The van der Waals surface area contributed by atoms with E-state index in [9.17, 15) is 4.79 Å². The summed E-state index contributed by atoms with van der Waals surface area (Å²) in [5.41, 5.74) is 0. The molecule has 1 aromatic rings. The number of hydrogen-bond acceptors (Lipinski definition) is 5. The van der Waals surface area contributed by atoms with Gasteiger partial charge in [0.15, 0.2) is 5.96 Å². The van der Waals surface area contributed by atoms with Crippen molar-refractivity contribution in [2.24, 2.45) is 4.99 Å². The van der Waals surface area contributed by atoms with Gasteiger partial charge in [0.05, 0.1) is 25.5 Å². The van der Waals surface area contributed by atoms with Gasteiger partial charge in [-0.05, 0) is 44.7 Å². The quantitative estimate of drug-likeness (QED) is 0.327. The third-order valence-corrected chi connectivity index (χ3v) is 5.08. The maximum Gasteiger partial charge on any atom is 0.409 e. The number of aliphatic imine (C=N–C) groups is 1. The molecule has 0 aromatic carbocycles. The molecule has 1 unspecified atom stereocenters. The lowest BCUT2D eigenvalue weighted by Crippen LogP contribution is -2.50. The molecule has 2 N–H and O–H groups in total. The molecule has 3 heterocycles. The number of piperidine rings is 1. The fourth-order valence-corrected chi connectivity index (χ4v) is 3.51. The van der Waals surface area contributed by atoms with Crippen LogP contribution >= 0.6 is 24.0 Å². The molecule has 0 saturated carbocycles. The van der Waals surface area contributed by atoms with Crippen LogP contribution < -0.4 is 10.6 Å². The number of carbonyl (C=O) groups excluding carboxylic acids is 1. The van der Waals surface area contributed by atoms with Crippen molar-refractivity contribution in [3.63, 3.8) is 0 Å². The zero-order chi connectivity index (χ0) is 19.6. The normalized spacial score (nSPS) is 20.2. The van der Waals surface area contributed by atoms with Gasteiger partial charge in [0.25, 0.3) is 0 Å². The Morgan fingerprint density at radius 2 is 2.17 bits per heavy atom. The fourth-order valence-electron chi connectivity index (χ4n) is 3.51. The van der Waals surface area contributed by atoms with E-state index in [-0.39, 0.29) is 42.2 Å². The Kier molecular flexibility index (Phi) is 10.6. The monoisotopic (exact) mass is 520 g/mol. The van der Waals surface area contributed by atoms with Crippen molar-refractivity contribution in [1.29, 1.82) is 0 Å². The summed E-state index contributed by atoms with van der Waals surface area (Å²) in [5, 5.41) is 6.93. The van der Waals surface area contributed by atoms with Crippen molar-refractivity contribution in [2.45, 2.75) is 51.2 Å². The molecule has 2 saturated heterocycles. The minimum absolute atomic E-state index is 0. The van der Waals surface area contributed by atoms with E-state index in [1.54, 1.807) is 11.2 Å². The molecule has 1 amide bonds. The van der Waals surface area contributed by atoms with Crippen LogP contribution in [0.25, 0.3) is 0 Å². The molecule has 1 aromatic heterocycles. The van der Waals surface area contributed by atoms with Crippen molar-refractivity contribution in [3.8, 4) is 0 Å². The van der Waals surface area contributed by atoms with Crippen LogP contribution in [0.15, 0.2) is 27.8 Å². The Balaban J connectivity index is 0.00000300. The van der Waals surface area contributed by atoms with Gasteiger partial charge in [-0.15, -0.1) is 24.0 Å². The van der Waals surface area contributed by atoms with Gasteiger partial charge < -0.3 is 29.4 Å². The average molecular weight is 520 g/mol. The summed E-state index contributed by atoms with van der Waals surface area (Å²) in [6.07, 6.45) is 6.42. The first kappa shape index (κ1) is 23.8. The molecule has 0 spiro atoms. The van der Waals surface area contributed by atoms with E-state index in [1.165, 1.54) is 0 Å². The highest BCUT2D eigenvalue weighted by atomic mass is 127. The summed E-state index contributed by atoms with van der Waals surface area (Å²) in [5.74, 6) is 1.75. The number of likely N-dealkylation sites (tertiary alicyclic amines) is 1. The Morgan fingerprint density at radius 3 is 2.83 bits per heavy atom. The average Bonchev–Trinajstić information content (AvgIpc) is 3.41. The van der Waals surface area contributed by atoms with E-state index in [4.69, 9.17) is 18.9 Å². The van der Waals surface area contributed by atoms with Crippen LogP contribution in [0.4, 0.5) is 4.79 Å². The van der Waals surface area contributed by atoms with E-state index >= 15 is 0 Å². The van der Waals surface area contributed by atoms with Gasteiger partial charge in [0.2, 0.25) is 0 Å². The lowest BCUT2D eigenvalue weighted by Gasteiger charge is -2.32. The fraction of sp³-hybridized carbons (Fsp3) is 0.700. The number of amides is 1. The second-order valence-corrected chi connectivity index (χ2v) is 7.19. The Hall–Kier alpha value is -1.49. The van der Waals surface area contributed by atoms with Crippen molar-refractivity contribution in [1.82, 2.24) is 15.5 Å². The summed E-state index contributed by atoms with van der Waals surface area (Å²) in [7, 11) is 0. The van der Waals surface area contributed by atoms with E-state index in [1.807, 2.05) is 19.1 Å². The third-order valence-electron chi connectivity index (χ3n) is 5.08. The molecule has 2 fully saturated rings. The molecule has 1 atom stereocenters. The zero-order valence-corrected chi connectivity index (χ0v) is 19.4. The highest BCUT2D eigenvalue weighted by Crippen LogP contribution is 2.13. The lowest BCUT2D eigenvalue weighted by atomic mass is 10.1. The maximum atomic E-state index is 11.9. The van der Waals surface area contributed by atoms with Gasteiger partial charge >= 0.3 is 6.09 Å². The van der Waals surface area contributed by atoms with Gasteiger partial charge in [0, 0.05) is 38.7 Å². The molecule has 0 bridgehead atoms. The first-order valence-electron chi connectivity index (χ1n) is 10.3. The highest BCUT2D eigenvalue weighted by molar-refractivity contribution is 14.0. The SMILES string of the molecule is CCOC(=O)N1CCC(NC(=NCC2CCCO2)NCCc2ccco2)CC1.I. The van der Waals surface area contributed by atoms with E-state index in [2.05, 4.69) is 10.6 Å². The lowest BCUT2D eigenvalue weighted by molar-refractivity contribution is 0.0962. The van der Waals surface area contributed by atoms with Gasteiger partial charge in [-0.25, -0.2) is 4.79 Å². The van der Waals surface area contributed by atoms with E-state index in [0.29, 0.717) is 26.2 Å². The predicted molar refractivity (Wildman–Crippen MR) is 122 cm³/mol. The van der Waals surface area contributed by atoms with Crippen LogP contribution in [-0.2, 0) is 15.9 Å². The Morgan fingerprint density at radius 1 is 1.34 bits per heavy atom. The van der Waals surface area contributed by atoms with Gasteiger partial charge in [-0.1, -0.05) is 0 Å². The maximum absolute atomic E-state index is 11.9. The molecule has 164 valence electrons. The zero-order valence-electron chi connectivity index (χ0n) is 17.1. The van der Waals surface area contributed by atoms with Crippen LogP contribution in [0.1, 0.15) is 38.4 Å². The van der Waals surface area contributed by atoms with Crippen LogP contribution in [0.5, 0.6) is 0 Å². The van der Waals surface area contributed by atoms with Crippen molar-refractivity contribution in [2.75, 3.05) is 39.4 Å². The summed E-state index contributed by atoms with van der Waals surface area (Å²) < 4.78 is 16.2. The van der Waals surface area contributed by atoms with Gasteiger partial charge in [0.1, 0.15) is 5.76 Å². The highest BCUT2D eigenvalue weighted by Gasteiger charge is 2.24. The molecule has 29 heavy (non-hydrogen) atoms. The smallest absolute Gasteiger partial charge is 0.409 e. The second kappa shape index (κ2) is 12.9. The number of ether oxygens (including phenoxy) is 2. The summed E-state index contributed by atoms with van der Waals surface area (Å²) in [6.45, 7) is 5.88. The number of rotatable bonds is 7. The number of furan rings is 1. The Bertz CT molecular complexity index is 612. The van der Waals surface area contributed by atoms with Crippen molar-refractivity contribution in [3.05, 3.63) is 24.2 Å². The summed E-state index contributed by atoms with van der Waals surface area (Å²) in [4.78, 5) is 18.4. The van der Waals surface area contributed by atoms with Gasteiger partial charge in [-0.2, -0.15) is 0 Å². The number of nitrogens with zero attached hydrogens (tertiary/aromatic N) is 2. The molecular weight excluding hydrogens is 487 g/mol. The first-order valence-corrected chi connectivity index (χ1v) is 10.3.